The van der Waals surface area contributed by atoms with Crippen LogP contribution < -0.4 is 10.1 Å². The van der Waals surface area contributed by atoms with Crippen molar-refractivity contribution in [2.75, 3.05) is 25.1 Å². The Labute approximate surface area is 178 Å². The highest BCUT2D eigenvalue weighted by atomic mass is 19.4. The van der Waals surface area contributed by atoms with Gasteiger partial charge in [-0.2, -0.15) is 0 Å². The van der Waals surface area contributed by atoms with E-state index < -0.39 is 6.36 Å². The summed E-state index contributed by atoms with van der Waals surface area (Å²) in [4.78, 5) is 18.8. The predicted octanol–water partition coefficient (Wildman–Crippen LogP) is 4.33. The Bertz CT molecular complexity index is 951. The van der Waals surface area contributed by atoms with Gasteiger partial charge in [0.15, 0.2) is 0 Å². The number of anilines is 1. The molecule has 0 atom stereocenters. The molecule has 1 aromatic carbocycles. The molecule has 3 heterocycles. The van der Waals surface area contributed by atoms with Crippen LogP contribution in [0.2, 0.25) is 0 Å². The molecule has 2 aliphatic rings. The van der Waals surface area contributed by atoms with Gasteiger partial charge in [0.1, 0.15) is 11.6 Å². The van der Waals surface area contributed by atoms with Crippen molar-refractivity contribution < 1.29 is 27.4 Å². The first-order valence-electron chi connectivity index (χ1n) is 10.1. The number of pyridine rings is 1. The number of nitrogens with zero attached hydrogens (tertiary/aromatic N) is 2. The average molecular weight is 435 g/mol. The molecule has 2 aromatic rings. The topological polar surface area (TPSA) is 63.7 Å². The minimum absolute atomic E-state index is 0.0461. The second-order valence-corrected chi connectivity index (χ2v) is 8.32. The maximum absolute atomic E-state index is 12.7. The number of nitrogens with one attached hydrogen (secondary N) is 1. The molecule has 1 N–H and O–H groups in total. The number of carbonyl (C=O) groups excluding carboxylic acids is 1. The Morgan fingerprint density at radius 2 is 2.06 bits per heavy atom. The van der Waals surface area contributed by atoms with Crippen LogP contribution >= 0.6 is 0 Å². The van der Waals surface area contributed by atoms with E-state index in [1.807, 2.05) is 24.8 Å². The molecule has 6 nitrogen and oxygen atoms in total. The number of carbonyl (C=O) groups is 1. The second kappa shape index (κ2) is 8.03. The van der Waals surface area contributed by atoms with E-state index in [2.05, 4.69) is 15.0 Å². The van der Waals surface area contributed by atoms with Crippen LogP contribution in [0.15, 0.2) is 36.5 Å². The molecule has 0 aliphatic carbocycles. The van der Waals surface area contributed by atoms with Gasteiger partial charge in [-0.05, 0) is 47.7 Å². The van der Waals surface area contributed by atoms with Crippen LogP contribution in [0.5, 0.6) is 5.75 Å². The Hall–Kier alpha value is -2.81. The van der Waals surface area contributed by atoms with Gasteiger partial charge >= 0.3 is 6.36 Å². The number of aromatic nitrogens is 1. The number of benzene rings is 1. The van der Waals surface area contributed by atoms with Crippen molar-refractivity contribution in [3.8, 4) is 5.75 Å². The minimum Gasteiger partial charge on any atom is -0.406 e. The van der Waals surface area contributed by atoms with Crippen molar-refractivity contribution in [1.82, 2.24) is 9.88 Å². The lowest BCUT2D eigenvalue weighted by atomic mass is 9.82. The van der Waals surface area contributed by atoms with E-state index in [4.69, 9.17) is 4.74 Å². The highest BCUT2D eigenvalue weighted by Crippen LogP contribution is 2.38. The van der Waals surface area contributed by atoms with Crippen molar-refractivity contribution in [3.05, 3.63) is 53.2 Å². The molecule has 0 bridgehead atoms. The first kappa shape index (κ1) is 21.4. The molecule has 4 rings (SSSR count). The fourth-order valence-electron chi connectivity index (χ4n) is 3.78. The smallest absolute Gasteiger partial charge is 0.406 e. The van der Waals surface area contributed by atoms with Crippen LogP contribution in [0.1, 0.15) is 47.7 Å². The fraction of sp³-hybridized carbons (Fsp3) is 0.455. The van der Waals surface area contributed by atoms with Crippen LogP contribution in [0.4, 0.5) is 19.0 Å². The highest BCUT2D eigenvalue weighted by molar-refractivity contribution is 5.95. The van der Waals surface area contributed by atoms with Gasteiger partial charge in [0.2, 0.25) is 0 Å². The molecule has 0 radical (unpaired) electrons. The first-order chi connectivity index (χ1) is 14.7. The number of alkyl halides is 3. The second-order valence-electron chi connectivity index (χ2n) is 8.32. The van der Waals surface area contributed by atoms with Crippen molar-refractivity contribution in [1.29, 1.82) is 0 Å². The quantitative estimate of drug-likeness (QED) is 0.732. The van der Waals surface area contributed by atoms with Gasteiger partial charge in [-0.25, -0.2) is 4.98 Å². The van der Waals surface area contributed by atoms with Crippen molar-refractivity contribution in [3.63, 3.8) is 0 Å². The number of amides is 1. The van der Waals surface area contributed by atoms with Crippen LogP contribution in [-0.2, 0) is 11.3 Å². The third-order valence-electron chi connectivity index (χ3n) is 5.73. The third-order valence-corrected chi connectivity index (χ3v) is 5.73. The molecule has 9 heteroatoms. The molecule has 31 heavy (non-hydrogen) atoms. The van der Waals surface area contributed by atoms with Gasteiger partial charge < -0.3 is 19.7 Å². The average Bonchev–Trinajstić information content (AvgIpc) is 2.63. The lowest BCUT2D eigenvalue weighted by Crippen LogP contribution is -2.72. The minimum atomic E-state index is -4.75. The van der Waals surface area contributed by atoms with Crippen LogP contribution in [0.3, 0.4) is 0 Å². The molecule has 2 aliphatic heterocycles. The number of rotatable bonds is 6. The van der Waals surface area contributed by atoms with E-state index in [0.717, 1.165) is 18.5 Å². The SMILES string of the molecule is CC(C)c1cc(CNc2ccc(C(=O)N3CCC34COC4)cn2)cc(OC(F)(F)F)c1. The highest BCUT2D eigenvalue weighted by Gasteiger charge is 2.53. The maximum Gasteiger partial charge on any atom is 0.573 e. The Kier molecular flexibility index (Phi) is 5.55. The summed E-state index contributed by atoms with van der Waals surface area (Å²) in [7, 11) is 0. The molecule has 2 fully saturated rings. The summed E-state index contributed by atoms with van der Waals surface area (Å²) in [6.45, 7) is 5.96. The largest absolute Gasteiger partial charge is 0.573 e. The van der Waals surface area contributed by atoms with Gasteiger partial charge in [0.05, 0.1) is 24.3 Å². The summed E-state index contributed by atoms with van der Waals surface area (Å²) in [6, 6.07) is 7.98. The molecule has 0 saturated carbocycles. The van der Waals surface area contributed by atoms with Crippen LogP contribution in [-0.4, -0.2) is 47.5 Å². The number of hydrogen-bond donors (Lipinski definition) is 1. The summed E-state index contributed by atoms with van der Waals surface area (Å²) >= 11 is 0. The van der Waals surface area contributed by atoms with Crippen LogP contribution in [0, 0.1) is 0 Å². The van der Waals surface area contributed by atoms with E-state index in [1.54, 1.807) is 12.1 Å². The number of likely N-dealkylation sites (tertiary alicyclic amines) is 1. The van der Waals surface area contributed by atoms with E-state index in [9.17, 15) is 18.0 Å². The third kappa shape index (κ3) is 4.61. The molecule has 1 amide bonds. The zero-order valence-electron chi connectivity index (χ0n) is 17.3. The Morgan fingerprint density at radius 1 is 1.29 bits per heavy atom. The van der Waals surface area contributed by atoms with E-state index >= 15 is 0 Å². The summed E-state index contributed by atoms with van der Waals surface area (Å²) in [5.41, 5.74) is 1.75. The first-order valence-corrected chi connectivity index (χ1v) is 10.1. The van der Waals surface area contributed by atoms with Gasteiger partial charge in [-0.3, -0.25) is 4.79 Å². The molecule has 1 spiro atoms. The zero-order chi connectivity index (χ0) is 22.2. The van der Waals surface area contributed by atoms with Crippen LogP contribution in [0.25, 0.3) is 0 Å². The standard InChI is InChI=1S/C22H24F3N3O3/c1-14(2)17-7-15(8-18(9-17)31-22(23,24)25)10-26-19-4-3-16(11-27-19)20(29)28-6-5-21(28)12-30-13-21/h3-4,7-9,11,14H,5-6,10,12-13H2,1-2H3,(H,26,27). The lowest BCUT2D eigenvalue weighted by molar-refractivity contribution is -0.274. The molecular formula is C22H24F3N3O3. The van der Waals surface area contributed by atoms with Gasteiger partial charge in [0.25, 0.3) is 5.91 Å². The summed E-state index contributed by atoms with van der Waals surface area (Å²) in [6.07, 6.45) is -2.27. The fourth-order valence-corrected chi connectivity index (χ4v) is 3.78. The van der Waals surface area contributed by atoms with Gasteiger partial charge in [-0.15, -0.1) is 13.2 Å². The van der Waals surface area contributed by atoms with Crippen molar-refractivity contribution in [2.45, 2.75) is 44.6 Å². The monoisotopic (exact) mass is 435 g/mol. The summed E-state index contributed by atoms with van der Waals surface area (Å²) in [5, 5.41) is 3.09. The summed E-state index contributed by atoms with van der Waals surface area (Å²) < 4.78 is 47.3. The molecule has 0 unspecified atom stereocenters. The maximum atomic E-state index is 12.7. The molecule has 166 valence electrons. The molecular weight excluding hydrogens is 411 g/mol. The van der Waals surface area contributed by atoms with Gasteiger partial charge in [0, 0.05) is 19.3 Å². The molecule has 2 saturated heterocycles. The number of hydrogen-bond acceptors (Lipinski definition) is 5. The van der Waals surface area contributed by atoms with Crippen molar-refractivity contribution in [2.24, 2.45) is 0 Å². The van der Waals surface area contributed by atoms with E-state index in [0.29, 0.717) is 30.2 Å². The zero-order valence-corrected chi connectivity index (χ0v) is 17.3. The van der Waals surface area contributed by atoms with E-state index in [-0.39, 0.29) is 29.7 Å². The van der Waals surface area contributed by atoms with Crippen molar-refractivity contribution >= 4 is 11.7 Å². The Morgan fingerprint density at radius 3 is 2.58 bits per heavy atom. The van der Waals surface area contributed by atoms with Gasteiger partial charge in [-0.1, -0.05) is 19.9 Å². The normalized spacial score (nSPS) is 17.3. The number of ether oxygens (including phenoxy) is 2. The van der Waals surface area contributed by atoms with E-state index in [1.165, 1.54) is 18.3 Å². The molecule has 1 aromatic heterocycles. The Balaban J connectivity index is 1.41. The lowest BCUT2D eigenvalue weighted by Gasteiger charge is -2.57. The number of halogens is 3. The summed E-state index contributed by atoms with van der Waals surface area (Å²) in [5.74, 6) is 0.264. The predicted molar refractivity (Wildman–Crippen MR) is 108 cm³/mol.